The molecule has 0 N–H and O–H groups in total. The van der Waals surface area contributed by atoms with Crippen LogP contribution < -0.4 is 14.2 Å². The topological polar surface area (TPSA) is 79.8 Å². The number of carbonyl (C=O) groups is 1. The molecule has 21 heavy (non-hydrogen) atoms. The molecule has 2 atom stereocenters. The minimum absolute atomic E-state index is 0.145. The molecule has 1 aliphatic carbocycles. The van der Waals surface area contributed by atoms with E-state index in [0.717, 1.165) is 25.7 Å². The molecule has 0 amide bonds. The fourth-order valence-corrected chi connectivity index (χ4v) is 2.44. The Morgan fingerprint density at radius 3 is 2.29 bits per heavy atom. The molecule has 0 unspecified atom stereocenters. The highest BCUT2D eigenvalue weighted by atomic mass is 16.5. The van der Waals surface area contributed by atoms with Crippen molar-refractivity contribution in [2.75, 3.05) is 21.3 Å². The molecule has 1 aromatic rings. The summed E-state index contributed by atoms with van der Waals surface area (Å²) in [4.78, 5) is 20.1. The fraction of sp³-hybridized carbons (Fsp3) is 0.643. The van der Waals surface area contributed by atoms with Crippen LogP contribution in [0.1, 0.15) is 25.7 Å². The third-order valence-electron chi connectivity index (χ3n) is 3.54. The molecule has 1 aliphatic rings. The van der Waals surface area contributed by atoms with E-state index in [1.54, 1.807) is 6.07 Å². The lowest BCUT2D eigenvalue weighted by molar-refractivity contribution is -0.150. The predicted octanol–water partition coefficient (Wildman–Crippen LogP) is 1.60. The Balaban J connectivity index is 2.16. The lowest BCUT2D eigenvalue weighted by atomic mass is 9.86. The van der Waals surface area contributed by atoms with Gasteiger partial charge in [0.05, 0.1) is 33.3 Å². The number of hydrogen-bond acceptors (Lipinski definition) is 7. The maximum atomic E-state index is 11.8. The normalized spacial score (nSPS) is 21.5. The molecule has 7 nitrogen and oxygen atoms in total. The first kappa shape index (κ1) is 15.3. The summed E-state index contributed by atoms with van der Waals surface area (Å²) in [5, 5.41) is 0. The second kappa shape index (κ2) is 7.10. The summed E-state index contributed by atoms with van der Waals surface area (Å²) >= 11 is 0. The van der Waals surface area contributed by atoms with E-state index in [9.17, 15) is 4.79 Å². The van der Waals surface area contributed by atoms with Crippen LogP contribution in [0.4, 0.5) is 0 Å². The van der Waals surface area contributed by atoms with Crippen molar-refractivity contribution in [3.8, 4) is 17.8 Å². The Morgan fingerprint density at radius 2 is 1.71 bits per heavy atom. The van der Waals surface area contributed by atoms with Gasteiger partial charge in [0.1, 0.15) is 6.10 Å². The molecule has 0 spiro atoms. The minimum Gasteiger partial charge on any atom is -0.481 e. The van der Waals surface area contributed by atoms with Gasteiger partial charge in [0.2, 0.25) is 11.8 Å². The van der Waals surface area contributed by atoms with Gasteiger partial charge in [0.15, 0.2) is 0 Å². The van der Waals surface area contributed by atoms with Crippen LogP contribution in [0, 0.1) is 5.92 Å². The lowest BCUT2D eigenvalue weighted by Gasteiger charge is -2.29. The quantitative estimate of drug-likeness (QED) is 0.763. The molecule has 0 aromatic carbocycles. The Morgan fingerprint density at radius 1 is 1.10 bits per heavy atom. The number of esters is 1. The summed E-state index contributed by atoms with van der Waals surface area (Å²) in [5.74, 6) is 0.156. The fourth-order valence-electron chi connectivity index (χ4n) is 2.44. The smallest absolute Gasteiger partial charge is 0.323 e. The van der Waals surface area contributed by atoms with Crippen LogP contribution in [-0.4, -0.2) is 43.4 Å². The van der Waals surface area contributed by atoms with Crippen molar-refractivity contribution < 1.29 is 23.7 Å². The molecule has 0 saturated heterocycles. The molecule has 116 valence electrons. The highest BCUT2D eigenvalue weighted by Gasteiger charge is 2.34. The van der Waals surface area contributed by atoms with Crippen LogP contribution in [0.5, 0.6) is 17.8 Å². The van der Waals surface area contributed by atoms with Gasteiger partial charge in [0, 0.05) is 0 Å². The van der Waals surface area contributed by atoms with Crippen molar-refractivity contribution in [1.29, 1.82) is 0 Å². The van der Waals surface area contributed by atoms with Gasteiger partial charge < -0.3 is 18.9 Å². The predicted molar refractivity (Wildman–Crippen MR) is 73.5 cm³/mol. The standard InChI is InChI=1S/C14H20N2O5/c1-18-11-8-12(19-2)16-14(15-11)21-10-7-5-4-6-9(10)13(17)20-3/h8-10H,4-7H2,1-3H3/t9-,10+/m1/s1. The van der Waals surface area contributed by atoms with E-state index in [4.69, 9.17) is 18.9 Å². The summed E-state index contributed by atoms with van der Waals surface area (Å²) in [7, 11) is 4.39. The molecule has 0 bridgehead atoms. The number of nitrogens with zero attached hydrogens (tertiary/aromatic N) is 2. The van der Waals surface area contributed by atoms with Crippen LogP contribution in [0.25, 0.3) is 0 Å². The zero-order valence-corrected chi connectivity index (χ0v) is 12.5. The van der Waals surface area contributed by atoms with Gasteiger partial charge in [-0.3, -0.25) is 4.79 Å². The average Bonchev–Trinajstić information content (AvgIpc) is 2.54. The van der Waals surface area contributed by atoms with Crippen LogP contribution in [0.15, 0.2) is 6.07 Å². The maximum absolute atomic E-state index is 11.8. The van der Waals surface area contributed by atoms with Crippen molar-refractivity contribution in [1.82, 2.24) is 9.97 Å². The molecule has 2 rings (SSSR count). The second-order valence-electron chi connectivity index (χ2n) is 4.81. The summed E-state index contributed by atoms with van der Waals surface area (Å²) in [6, 6.07) is 1.71. The monoisotopic (exact) mass is 296 g/mol. The molecule has 0 radical (unpaired) electrons. The summed E-state index contributed by atoms with van der Waals surface area (Å²) in [5.41, 5.74) is 0. The van der Waals surface area contributed by atoms with E-state index in [0.29, 0.717) is 11.8 Å². The number of aromatic nitrogens is 2. The lowest BCUT2D eigenvalue weighted by Crippen LogP contribution is -2.36. The van der Waals surface area contributed by atoms with Gasteiger partial charge in [-0.2, -0.15) is 9.97 Å². The first-order valence-electron chi connectivity index (χ1n) is 6.89. The summed E-state index contributed by atoms with van der Waals surface area (Å²) in [6.45, 7) is 0. The van der Waals surface area contributed by atoms with Crippen molar-refractivity contribution in [3.63, 3.8) is 0 Å². The number of hydrogen-bond donors (Lipinski definition) is 0. The van der Waals surface area contributed by atoms with Crippen LogP contribution in [0.3, 0.4) is 0 Å². The first-order chi connectivity index (χ1) is 10.2. The number of rotatable bonds is 5. The molecule has 1 saturated carbocycles. The second-order valence-corrected chi connectivity index (χ2v) is 4.81. The van der Waals surface area contributed by atoms with Gasteiger partial charge in [-0.25, -0.2) is 0 Å². The summed E-state index contributed by atoms with van der Waals surface area (Å²) in [6.07, 6.45) is 3.21. The molecule has 1 heterocycles. The molecular formula is C14H20N2O5. The Labute approximate surface area is 123 Å². The van der Waals surface area contributed by atoms with Crippen molar-refractivity contribution in [2.45, 2.75) is 31.8 Å². The number of ether oxygens (including phenoxy) is 4. The van der Waals surface area contributed by atoms with Gasteiger partial charge >= 0.3 is 12.0 Å². The van der Waals surface area contributed by atoms with E-state index in [1.165, 1.54) is 21.3 Å². The molecule has 0 aliphatic heterocycles. The Bertz CT molecular complexity index is 472. The summed E-state index contributed by atoms with van der Waals surface area (Å²) < 4.78 is 20.8. The van der Waals surface area contributed by atoms with Gasteiger partial charge in [-0.05, 0) is 19.3 Å². The first-order valence-corrected chi connectivity index (χ1v) is 6.89. The maximum Gasteiger partial charge on any atom is 0.323 e. The van der Waals surface area contributed by atoms with E-state index in [1.807, 2.05) is 0 Å². The van der Waals surface area contributed by atoms with Gasteiger partial charge in [0.25, 0.3) is 0 Å². The van der Waals surface area contributed by atoms with Crippen LogP contribution >= 0.6 is 0 Å². The van der Waals surface area contributed by atoms with E-state index in [-0.39, 0.29) is 24.0 Å². The van der Waals surface area contributed by atoms with E-state index < -0.39 is 0 Å². The zero-order valence-electron chi connectivity index (χ0n) is 12.5. The third kappa shape index (κ3) is 3.74. The van der Waals surface area contributed by atoms with Gasteiger partial charge in [-0.1, -0.05) is 6.42 Å². The molecule has 7 heteroatoms. The van der Waals surface area contributed by atoms with Crippen molar-refractivity contribution in [3.05, 3.63) is 6.07 Å². The van der Waals surface area contributed by atoms with Gasteiger partial charge in [-0.15, -0.1) is 0 Å². The average molecular weight is 296 g/mol. The third-order valence-corrected chi connectivity index (χ3v) is 3.54. The van der Waals surface area contributed by atoms with Crippen molar-refractivity contribution >= 4 is 5.97 Å². The number of methoxy groups -OCH3 is 3. The Hall–Kier alpha value is -2.05. The molecule has 1 aromatic heterocycles. The molecular weight excluding hydrogens is 276 g/mol. The van der Waals surface area contributed by atoms with E-state index >= 15 is 0 Å². The minimum atomic E-state index is -0.289. The van der Waals surface area contributed by atoms with E-state index in [2.05, 4.69) is 9.97 Å². The van der Waals surface area contributed by atoms with Crippen LogP contribution in [-0.2, 0) is 9.53 Å². The largest absolute Gasteiger partial charge is 0.481 e. The highest BCUT2D eigenvalue weighted by Crippen LogP contribution is 2.29. The SMILES string of the molecule is COC(=O)[C@@H]1CCCC[C@@H]1Oc1nc(OC)cc(OC)n1. The van der Waals surface area contributed by atoms with Crippen molar-refractivity contribution in [2.24, 2.45) is 5.92 Å². The zero-order chi connectivity index (χ0) is 15.2. The number of carbonyl (C=O) groups excluding carboxylic acids is 1. The Kier molecular flexibility index (Phi) is 5.19. The van der Waals surface area contributed by atoms with Crippen LogP contribution in [0.2, 0.25) is 0 Å². The highest BCUT2D eigenvalue weighted by molar-refractivity contribution is 5.73. The molecule has 1 fully saturated rings.